The van der Waals surface area contributed by atoms with Crippen molar-refractivity contribution >= 4 is 48.6 Å². The van der Waals surface area contributed by atoms with Crippen LogP contribution in [0.3, 0.4) is 0 Å². The van der Waals surface area contributed by atoms with Crippen LogP contribution in [0.4, 0.5) is 17.1 Å². The standard InChI is InChI=1S/C61H37NOS/c1-2-17-38(18-3-1)62(56-30-16-27-48-42-21-6-5-20-41(42)46-25-10-14-31-57(46)63-60(48)56)39-33-34-54-49(35-39)43-22-7-4-19-40(43)44-23-8-12-28-52(44)61(54)53-29-13-9-24-45(53)50-36-51-47-26-11-15-32-58(47)64-59(51)37-55(50)61/h1-37H. The van der Waals surface area contributed by atoms with Crippen LogP contribution in [-0.2, 0) is 5.41 Å². The predicted molar refractivity (Wildman–Crippen MR) is 267 cm³/mol. The molecule has 0 saturated carbocycles. The number of benzene rings is 10. The second-order valence-corrected chi connectivity index (χ2v) is 18.2. The number of rotatable bonds is 3. The van der Waals surface area contributed by atoms with E-state index in [2.05, 4.69) is 229 Å². The predicted octanol–water partition coefficient (Wildman–Crippen LogP) is 17.0. The van der Waals surface area contributed by atoms with Gasteiger partial charge in [0, 0.05) is 42.7 Å². The first-order chi connectivity index (χ1) is 31.8. The fourth-order valence-electron chi connectivity index (χ4n) is 11.3. The van der Waals surface area contributed by atoms with Gasteiger partial charge in [0.2, 0.25) is 0 Å². The first-order valence-corrected chi connectivity index (χ1v) is 22.8. The van der Waals surface area contributed by atoms with E-state index in [0.717, 1.165) is 50.8 Å². The molecule has 1 spiro atoms. The summed E-state index contributed by atoms with van der Waals surface area (Å²) >= 11 is 1.90. The van der Waals surface area contributed by atoms with E-state index in [1.807, 2.05) is 11.3 Å². The number of thiophene rings is 1. The van der Waals surface area contributed by atoms with Crippen LogP contribution in [0.15, 0.2) is 224 Å². The second kappa shape index (κ2) is 13.5. The Morgan fingerprint density at radius 3 is 1.64 bits per heavy atom. The van der Waals surface area contributed by atoms with Crippen molar-refractivity contribution in [2.24, 2.45) is 0 Å². The fourth-order valence-corrected chi connectivity index (χ4v) is 12.4. The van der Waals surface area contributed by atoms with Crippen LogP contribution < -0.4 is 9.64 Å². The highest BCUT2D eigenvalue weighted by Crippen LogP contribution is 2.63. The van der Waals surface area contributed by atoms with Crippen LogP contribution in [0.1, 0.15) is 22.3 Å². The Morgan fingerprint density at radius 1 is 0.328 bits per heavy atom. The topological polar surface area (TPSA) is 12.5 Å². The van der Waals surface area contributed by atoms with Crippen molar-refractivity contribution in [1.29, 1.82) is 0 Å². The quantitative estimate of drug-likeness (QED) is 0.176. The summed E-state index contributed by atoms with van der Waals surface area (Å²) in [7, 11) is 0. The molecule has 2 aliphatic carbocycles. The monoisotopic (exact) mass is 831 g/mol. The molecule has 298 valence electrons. The largest absolute Gasteiger partial charge is 0.454 e. The zero-order chi connectivity index (χ0) is 41.9. The van der Waals surface area contributed by atoms with Crippen LogP contribution in [-0.4, -0.2) is 0 Å². The van der Waals surface area contributed by atoms with Crippen LogP contribution in [0.2, 0.25) is 0 Å². The van der Waals surface area contributed by atoms with Gasteiger partial charge in [-0.3, -0.25) is 0 Å². The van der Waals surface area contributed by atoms with Crippen molar-refractivity contribution in [2.45, 2.75) is 5.41 Å². The minimum Gasteiger partial charge on any atom is -0.454 e. The molecule has 1 aliphatic heterocycles. The molecule has 2 nitrogen and oxygen atoms in total. The molecule has 14 rings (SSSR count). The SMILES string of the molecule is c1ccc(N(c2ccc3c(c2)-c2ccccc2-c2ccccc2C32c3ccccc3-c3cc4c(cc32)sc2ccccc24)c2cccc3c2Oc2ccccc2-c2ccccc2-3)cc1. The molecule has 1 atom stereocenters. The Labute approximate surface area is 375 Å². The van der Waals surface area contributed by atoms with Gasteiger partial charge in [0.1, 0.15) is 5.75 Å². The maximum atomic E-state index is 7.14. The Balaban J connectivity index is 1.08. The van der Waals surface area contributed by atoms with Gasteiger partial charge >= 0.3 is 0 Å². The van der Waals surface area contributed by atoms with E-state index in [4.69, 9.17) is 4.74 Å². The lowest BCUT2D eigenvalue weighted by Crippen LogP contribution is -2.29. The summed E-state index contributed by atoms with van der Waals surface area (Å²) in [6, 6.07) is 82.9. The van der Waals surface area contributed by atoms with E-state index in [0.29, 0.717) is 0 Å². The average molecular weight is 832 g/mol. The molecule has 1 aromatic heterocycles. The number of ether oxygens (including phenoxy) is 1. The highest BCUT2D eigenvalue weighted by atomic mass is 32.1. The smallest absolute Gasteiger partial charge is 0.159 e. The number of hydrogen-bond donors (Lipinski definition) is 0. The van der Waals surface area contributed by atoms with Gasteiger partial charge in [0.05, 0.1) is 11.1 Å². The van der Waals surface area contributed by atoms with E-state index in [1.54, 1.807) is 0 Å². The molecule has 2 heterocycles. The summed E-state index contributed by atoms with van der Waals surface area (Å²) in [5, 5.41) is 2.64. The summed E-state index contributed by atoms with van der Waals surface area (Å²) in [5.74, 6) is 1.67. The summed E-state index contributed by atoms with van der Waals surface area (Å²) in [4.78, 5) is 2.39. The summed E-state index contributed by atoms with van der Waals surface area (Å²) in [6.45, 7) is 0. The summed E-state index contributed by atoms with van der Waals surface area (Å²) in [5.41, 5.74) is 19.7. The molecule has 0 amide bonds. The number of hydrogen-bond acceptors (Lipinski definition) is 3. The number of para-hydroxylation sites is 3. The van der Waals surface area contributed by atoms with Gasteiger partial charge in [0.15, 0.2) is 5.75 Å². The first kappa shape index (κ1) is 35.6. The van der Waals surface area contributed by atoms with E-state index < -0.39 is 5.41 Å². The molecule has 0 N–H and O–H groups in total. The van der Waals surface area contributed by atoms with E-state index >= 15 is 0 Å². The number of nitrogens with zero attached hydrogens (tertiary/aromatic N) is 1. The van der Waals surface area contributed by atoms with Crippen molar-refractivity contribution in [3.63, 3.8) is 0 Å². The van der Waals surface area contributed by atoms with Gasteiger partial charge in [-0.05, 0) is 121 Å². The summed E-state index contributed by atoms with van der Waals surface area (Å²) < 4.78 is 9.77. The first-order valence-electron chi connectivity index (χ1n) is 22.0. The lowest BCUT2D eigenvalue weighted by Gasteiger charge is -2.36. The molecule has 1 unspecified atom stereocenters. The van der Waals surface area contributed by atoms with Crippen LogP contribution in [0.5, 0.6) is 11.5 Å². The van der Waals surface area contributed by atoms with E-state index in [-0.39, 0.29) is 0 Å². The number of anilines is 3. The highest BCUT2D eigenvalue weighted by Gasteiger charge is 2.50. The average Bonchev–Trinajstić information content (AvgIpc) is 3.77. The van der Waals surface area contributed by atoms with Gasteiger partial charge < -0.3 is 9.64 Å². The lowest BCUT2D eigenvalue weighted by atomic mass is 9.66. The number of fused-ring (bicyclic) bond motifs is 20. The van der Waals surface area contributed by atoms with Crippen molar-refractivity contribution < 1.29 is 4.74 Å². The zero-order valence-corrected chi connectivity index (χ0v) is 35.4. The molecule has 0 saturated heterocycles. The van der Waals surface area contributed by atoms with Crippen LogP contribution in [0.25, 0.3) is 75.8 Å². The molecular formula is C61H37NOS. The second-order valence-electron chi connectivity index (χ2n) is 17.1. The Morgan fingerprint density at radius 2 is 0.875 bits per heavy atom. The normalized spacial score (nSPS) is 14.8. The Bertz CT molecular complexity index is 3730. The molecule has 64 heavy (non-hydrogen) atoms. The van der Waals surface area contributed by atoms with Crippen LogP contribution in [0, 0.1) is 0 Å². The molecule has 11 aromatic rings. The minimum atomic E-state index is -0.599. The van der Waals surface area contributed by atoms with Crippen LogP contribution >= 0.6 is 11.3 Å². The maximum absolute atomic E-state index is 7.14. The van der Waals surface area contributed by atoms with Gasteiger partial charge in [0.25, 0.3) is 0 Å². The Kier molecular flexibility index (Phi) is 7.51. The fraction of sp³-hybridized carbons (Fsp3) is 0.0164. The molecule has 10 aromatic carbocycles. The molecule has 0 fully saturated rings. The minimum absolute atomic E-state index is 0.599. The van der Waals surface area contributed by atoms with Gasteiger partial charge in [-0.1, -0.05) is 170 Å². The van der Waals surface area contributed by atoms with Crippen molar-refractivity contribution in [3.05, 3.63) is 247 Å². The van der Waals surface area contributed by atoms with Crippen molar-refractivity contribution in [1.82, 2.24) is 0 Å². The lowest BCUT2D eigenvalue weighted by molar-refractivity contribution is 0.489. The van der Waals surface area contributed by atoms with E-state index in [1.165, 1.54) is 75.8 Å². The maximum Gasteiger partial charge on any atom is 0.159 e. The third-order valence-corrected chi connectivity index (χ3v) is 15.0. The third-order valence-electron chi connectivity index (χ3n) is 13.9. The van der Waals surface area contributed by atoms with Gasteiger partial charge in [-0.15, -0.1) is 11.3 Å². The molecule has 0 bridgehead atoms. The van der Waals surface area contributed by atoms with Crippen molar-refractivity contribution in [3.8, 4) is 67.1 Å². The summed E-state index contributed by atoms with van der Waals surface area (Å²) in [6.07, 6.45) is 0. The third kappa shape index (κ3) is 4.85. The molecule has 3 aliphatic rings. The van der Waals surface area contributed by atoms with Gasteiger partial charge in [-0.25, -0.2) is 0 Å². The molecule has 0 radical (unpaired) electrons. The zero-order valence-electron chi connectivity index (χ0n) is 34.6. The highest BCUT2D eigenvalue weighted by molar-refractivity contribution is 7.25. The molecule has 3 heteroatoms. The molecular weight excluding hydrogens is 795 g/mol. The van der Waals surface area contributed by atoms with Crippen molar-refractivity contribution in [2.75, 3.05) is 4.90 Å². The van der Waals surface area contributed by atoms with E-state index in [9.17, 15) is 0 Å². The van der Waals surface area contributed by atoms with Gasteiger partial charge in [-0.2, -0.15) is 0 Å². The Hall–Kier alpha value is -7.98.